The van der Waals surface area contributed by atoms with Gasteiger partial charge in [-0.05, 0) is 57.8 Å². The molecule has 0 saturated heterocycles. The summed E-state index contributed by atoms with van der Waals surface area (Å²) in [6, 6.07) is 0. The lowest BCUT2D eigenvalue weighted by Gasteiger charge is -2.41. The molecule has 0 aliphatic heterocycles. The van der Waals surface area contributed by atoms with Crippen LogP contribution < -0.4 is 0 Å². The van der Waals surface area contributed by atoms with E-state index in [0.717, 1.165) is 96.3 Å². The highest BCUT2D eigenvalue weighted by Crippen LogP contribution is 2.47. The molecule has 1 fully saturated rings. The molecule has 1 aliphatic carbocycles. The van der Waals surface area contributed by atoms with Crippen LogP contribution in [0.15, 0.2) is 60.8 Å². The van der Waals surface area contributed by atoms with Gasteiger partial charge in [-0.25, -0.2) is 4.57 Å². The lowest BCUT2D eigenvalue weighted by Crippen LogP contribution is -2.64. The van der Waals surface area contributed by atoms with E-state index < -0.39 is 63.1 Å². The molecule has 0 spiro atoms. The summed E-state index contributed by atoms with van der Waals surface area (Å²) in [4.78, 5) is 23.3. The number of phosphoric acid groups is 1. The average Bonchev–Trinajstić information content (AvgIpc) is 3.35. The largest absolute Gasteiger partial charge is 0.472 e. The average molecular weight is 1010 g/mol. The summed E-state index contributed by atoms with van der Waals surface area (Å²) in [5.74, 6) is -0.486. The molecule has 0 amide bonds. The number of rotatable bonds is 48. The lowest BCUT2D eigenvalue weighted by atomic mass is 9.85. The molecule has 70 heavy (non-hydrogen) atoms. The molecule has 0 aromatic heterocycles. The van der Waals surface area contributed by atoms with Crippen molar-refractivity contribution in [2.45, 2.75) is 275 Å². The van der Waals surface area contributed by atoms with Gasteiger partial charge in [-0.3, -0.25) is 13.8 Å². The minimum absolute atomic E-state index is 0.0806. The van der Waals surface area contributed by atoms with Crippen molar-refractivity contribution in [2.75, 3.05) is 19.8 Å². The summed E-state index contributed by atoms with van der Waals surface area (Å²) in [6.45, 7) is 4.17. The van der Waals surface area contributed by atoms with E-state index in [4.69, 9.17) is 18.5 Å². The van der Waals surface area contributed by atoms with Crippen LogP contribution in [-0.2, 0) is 27.9 Å². The second kappa shape index (κ2) is 46.8. The highest BCUT2D eigenvalue weighted by atomic mass is 31.2. The van der Waals surface area contributed by atoms with Gasteiger partial charge in [0.05, 0.1) is 13.2 Å². The molecule has 0 radical (unpaired) electrons. The fourth-order valence-corrected chi connectivity index (χ4v) is 9.47. The van der Waals surface area contributed by atoms with Crippen molar-refractivity contribution in [3.05, 3.63) is 60.8 Å². The summed E-state index contributed by atoms with van der Waals surface area (Å²) in [7, 11) is -5.03. The van der Waals surface area contributed by atoms with E-state index in [-0.39, 0.29) is 13.0 Å². The molecule has 12 nitrogen and oxygen atoms in total. The first-order chi connectivity index (χ1) is 34.0. The molecule has 1 saturated carbocycles. The van der Waals surface area contributed by atoms with Gasteiger partial charge in [-0.1, -0.05) is 229 Å². The Labute approximate surface area is 426 Å². The van der Waals surface area contributed by atoms with Crippen molar-refractivity contribution < 1.29 is 58.3 Å². The van der Waals surface area contributed by atoms with Crippen LogP contribution in [0.2, 0.25) is 0 Å². The molecule has 0 aromatic rings. The molecular weight excluding hydrogens is 908 g/mol. The Morgan fingerprint density at radius 2 is 0.843 bits per heavy atom. The SMILES string of the molecule is CC/C=C\C/C=C\C/C=C\C/C=C\C/C=C\CCCCCCCCCC(=O)OC(COCCCCCCCCCCCCCCCCCCCCCC)COP(=O)(O)OC1C(O)C(O)C(O)C(O)C1O. The number of aliphatic hydroxyl groups is 5. The fourth-order valence-electron chi connectivity index (χ4n) is 8.50. The zero-order valence-electron chi connectivity index (χ0n) is 44.1. The third-order valence-corrected chi connectivity index (χ3v) is 13.9. The number of unbranched alkanes of at least 4 members (excludes halogenated alkanes) is 26. The Kier molecular flexibility index (Phi) is 44.2. The van der Waals surface area contributed by atoms with Gasteiger partial charge < -0.3 is 39.9 Å². The van der Waals surface area contributed by atoms with Crippen LogP contribution in [0, 0.1) is 0 Å². The van der Waals surface area contributed by atoms with Crippen molar-refractivity contribution >= 4 is 13.8 Å². The van der Waals surface area contributed by atoms with Crippen molar-refractivity contribution in [3.8, 4) is 0 Å². The van der Waals surface area contributed by atoms with Crippen LogP contribution in [0.5, 0.6) is 0 Å². The normalized spacial score (nSPS) is 21.3. The minimum atomic E-state index is -5.03. The second-order valence-electron chi connectivity index (χ2n) is 19.4. The van der Waals surface area contributed by atoms with E-state index in [9.17, 15) is 39.8 Å². The van der Waals surface area contributed by atoms with Gasteiger partial charge in [0.1, 0.15) is 42.7 Å². The van der Waals surface area contributed by atoms with Gasteiger partial charge in [-0.15, -0.1) is 0 Å². The number of allylic oxidation sites excluding steroid dienone is 10. The van der Waals surface area contributed by atoms with E-state index in [1.165, 1.54) is 109 Å². The number of esters is 1. The van der Waals surface area contributed by atoms with Crippen LogP contribution in [0.25, 0.3) is 0 Å². The zero-order valence-corrected chi connectivity index (χ0v) is 45.0. The van der Waals surface area contributed by atoms with Gasteiger partial charge in [0.15, 0.2) is 0 Å². The first-order valence-electron chi connectivity index (χ1n) is 28.1. The summed E-state index contributed by atoms with van der Waals surface area (Å²) in [5.41, 5.74) is 0. The summed E-state index contributed by atoms with van der Waals surface area (Å²) in [6.07, 6.45) is 48.5. The Morgan fingerprint density at radius 1 is 0.471 bits per heavy atom. The highest BCUT2D eigenvalue weighted by molar-refractivity contribution is 7.47. The maximum atomic E-state index is 12.9. The lowest BCUT2D eigenvalue weighted by molar-refractivity contribution is -0.220. The maximum Gasteiger partial charge on any atom is 0.472 e. The Morgan fingerprint density at radius 3 is 1.29 bits per heavy atom. The molecule has 6 N–H and O–H groups in total. The monoisotopic (exact) mass is 1010 g/mol. The smallest absolute Gasteiger partial charge is 0.457 e. The van der Waals surface area contributed by atoms with Crippen LogP contribution in [0.1, 0.15) is 232 Å². The molecule has 0 bridgehead atoms. The van der Waals surface area contributed by atoms with Crippen LogP contribution in [0.4, 0.5) is 0 Å². The molecule has 13 heteroatoms. The first-order valence-corrected chi connectivity index (χ1v) is 29.6. The summed E-state index contributed by atoms with van der Waals surface area (Å²) >= 11 is 0. The molecule has 1 rings (SSSR count). The summed E-state index contributed by atoms with van der Waals surface area (Å²) in [5, 5.41) is 50.4. The van der Waals surface area contributed by atoms with Crippen LogP contribution in [0.3, 0.4) is 0 Å². The van der Waals surface area contributed by atoms with Crippen LogP contribution in [-0.4, -0.2) is 98.9 Å². The van der Waals surface area contributed by atoms with Gasteiger partial charge in [0, 0.05) is 13.0 Å². The maximum absolute atomic E-state index is 12.9. The predicted molar refractivity (Wildman–Crippen MR) is 285 cm³/mol. The number of hydrogen-bond donors (Lipinski definition) is 6. The quantitative estimate of drug-likeness (QED) is 0.0146. The molecule has 1 aliphatic rings. The molecule has 0 heterocycles. The molecule has 408 valence electrons. The number of carbonyl (C=O) groups excluding carboxylic acids is 1. The van der Waals surface area contributed by atoms with Crippen molar-refractivity contribution in [1.29, 1.82) is 0 Å². The third-order valence-electron chi connectivity index (χ3n) is 12.9. The highest BCUT2D eigenvalue weighted by Gasteiger charge is 2.51. The van der Waals surface area contributed by atoms with Gasteiger partial charge >= 0.3 is 13.8 Å². The van der Waals surface area contributed by atoms with E-state index >= 15 is 0 Å². The standard InChI is InChI=1S/C57H103O12P/c1-3-5-7-9-11-13-15-17-19-21-23-25-26-27-28-30-32-34-36-38-40-42-44-46-51(58)68-50(49-67-70(64,65)69-57-55(62)53(60)52(59)54(61)56(57)63)48-66-47-45-43-41-39-37-35-33-31-29-24-22-20-18-16-14-12-10-8-6-4-2/h5,7,11,13,17,19,23,25,27-28,50,52-57,59-63H,3-4,6,8-10,12,14-16,18,20-22,24,26,29-49H2,1-2H3,(H,64,65)/b7-5-,13-11-,19-17-,25-23-,28-27-. The van der Waals surface area contributed by atoms with E-state index in [1.54, 1.807) is 0 Å². The molecule has 6 unspecified atom stereocenters. The van der Waals surface area contributed by atoms with Gasteiger partial charge in [-0.2, -0.15) is 0 Å². The number of hydrogen-bond acceptors (Lipinski definition) is 11. The van der Waals surface area contributed by atoms with Gasteiger partial charge in [0.2, 0.25) is 0 Å². The number of aliphatic hydroxyl groups excluding tert-OH is 5. The minimum Gasteiger partial charge on any atom is -0.457 e. The van der Waals surface area contributed by atoms with Crippen molar-refractivity contribution in [3.63, 3.8) is 0 Å². The summed E-state index contributed by atoms with van der Waals surface area (Å²) < 4.78 is 34.4. The Bertz CT molecular complexity index is 1380. The fraction of sp³-hybridized carbons (Fsp3) is 0.807. The topological polar surface area (TPSA) is 192 Å². The Balaban J connectivity index is 2.31. The molecule has 6 atom stereocenters. The van der Waals surface area contributed by atoms with Crippen molar-refractivity contribution in [1.82, 2.24) is 0 Å². The second-order valence-corrected chi connectivity index (χ2v) is 20.8. The molecular formula is C57H103O12P. The predicted octanol–water partition coefficient (Wildman–Crippen LogP) is 13.3. The van der Waals surface area contributed by atoms with E-state index in [1.807, 2.05) is 0 Å². The Hall–Kier alpha value is -1.96. The number of phosphoric ester groups is 1. The third kappa shape index (κ3) is 37.7. The number of carbonyl (C=O) groups is 1. The van der Waals surface area contributed by atoms with Crippen LogP contribution >= 0.6 is 7.82 Å². The van der Waals surface area contributed by atoms with E-state index in [0.29, 0.717) is 13.0 Å². The number of ether oxygens (including phenoxy) is 2. The molecule has 0 aromatic carbocycles. The van der Waals surface area contributed by atoms with Crippen molar-refractivity contribution in [2.24, 2.45) is 0 Å². The van der Waals surface area contributed by atoms with E-state index in [2.05, 4.69) is 74.6 Å². The van der Waals surface area contributed by atoms with Gasteiger partial charge in [0.25, 0.3) is 0 Å². The zero-order chi connectivity index (χ0) is 51.2. The first kappa shape index (κ1) is 66.1.